The molecule has 0 bridgehead atoms. The fourth-order valence-corrected chi connectivity index (χ4v) is 1.29. The van der Waals surface area contributed by atoms with E-state index in [9.17, 15) is 26.3 Å². The zero-order chi connectivity index (χ0) is 14.0. The predicted octanol–water partition coefficient (Wildman–Crippen LogP) is 3.38. The summed E-state index contributed by atoms with van der Waals surface area (Å²) in [5.74, 6) is 0. The molecule has 1 aromatic rings. The van der Waals surface area contributed by atoms with Gasteiger partial charge < -0.3 is 0 Å². The normalized spacial score (nSPS) is 12.8. The van der Waals surface area contributed by atoms with Crippen molar-refractivity contribution < 1.29 is 31.2 Å². The molecule has 18 heavy (non-hydrogen) atoms. The second-order valence-electron chi connectivity index (χ2n) is 3.36. The molecule has 1 N–H and O–H groups in total. The average Bonchev–Trinajstić information content (AvgIpc) is 2.23. The van der Waals surface area contributed by atoms with Gasteiger partial charge in [-0.25, -0.2) is 5.48 Å². The van der Waals surface area contributed by atoms with Crippen molar-refractivity contribution in [3.8, 4) is 0 Å². The maximum atomic E-state index is 12.6. The van der Waals surface area contributed by atoms with Crippen molar-refractivity contribution in [1.82, 2.24) is 5.48 Å². The smallest absolute Gasteiger partial charge is 0.297 e. The van der Waals surface area contributed by atoms with Crippen molar-refractivity contribution >= 4 is 0 Å². The summed E-state index contributed by atoms with van der Waals surface area (Å²) in [6, 6.07) is 1.42. The van der Waals surface area contributed by atoms with Crippen LogP contribution in [0.3, 0.4) is 0 Å². The second kappa shape index (κ2) is 5.15. The number of alkyl halides is 6. The molecule has 0 spiro atoms. The highest BCUT2D eigenvalue weighted by Gasteiger charge is 2.38. The number of halogens is 6. The molecule has 1 rings (SSSR count). The van der Waals surface area contributed by atoms with Gasteiger partial charge in [-0.3, -0.25) is 4.84 Å². The minimum Gasteiger partial charge on any atom is -0.297 e. The zero-order valence-electron chi connectivity index (χ0n) is 9.12. The zero-order valence-corrected chi connectivity index (χ0v) is 9.12. The molecule has 1 aromatic carbocycles. The third-order valence-corrected chi connectivity index (χ3v) is 2.11. The highest BCUT2D eigenvalue weighted by Crippen LogP contribution is 2.37. The molecule has 0 aromatic heterocycles. The molecule has 0 unspecified atom stereocenters. The maximum absolute atomic E-state index is 12.6. The maximum Gasteiger partial charge on any atom is 0.416 e. The number of hydrogen-bond donors (Lipinski definition) is 1. The number of rotatable bonds is 3. The van der Waals surface area contributed by atoms with Gasteiger partial charge in [0.05, 0.1) is 17.7 Å². The van der Waals surface area contributed by atoms with E-state index in [-0.39, 0.29) is 11.6 Å². The molecule has 102 valence electrons. The van der Waals surface area contributed by atoms with Crippen molar-refractivity contribution in [3.05, 3.63) is 34.9 Å². The minimum atomic E-state index is -4.87. The Hall–Kier alpha value is -1.28. The number of nitrogens with one attached hydrogen (secondary N) is 1. The summed E-state index contributed by atoms with van der Waals surface area (Å²) >= 11 is 0. The Morgan fingerprint density at radius 1 is 1.06 bits per heavy atom. The molecule has 0 aliphatic rings. The number of benzene rings is 1. The van der Waals surface area contributed by atoms with Crippen LogP contribution in [0, 0.1) is 0 Å². The predicted molar refractivity (Wildman–Crippen MR) is 50.3 cm³/mol. The summed E-state index contributed by atoms with van der Waals surface area (Å²) in [5, 5.41) is 0. The van der Waals surface area contributed by atoms with Crippen molar-refractivity contribution in [2.45, 2.75) is 19.0 Å². The Bertz CT molecular complexity index is 412. The monoisotopic (exact) mass is 273 g/mol. The summed E-state index contributed by atoms with van der Waals surface area (Å²) in [6.45, 7) is -0.483. The Morgan fingerprint density at radius 3 is 2.11 bits per heavy atom. The van der Waals surface area contributed by atoms with Gasteiger partial charge in [-0.05, 0) is 17.7 Å². The molecule has 0 atom stereocenters. The van der Waals surface area contributed by atoms with Gasteiger partial charge in [0.1, 0.15) is 0 Å². The summed E-state index contributed by atoms with van der Waals surface area (Å²) in [4.78, 5) is 4.55. The fraction of sp³-hybridized carbons (Fsp3) is 0.400. The van der Waals surface area contributed by atoms with Crippen LogP contribution < -0.4 is 5.48 Å². The lowest BCUT2D eigenvalue weighted by molar-refractivity contribution is -0.144. The van der Waals surface area contributed by atoms with Gasteiger partial charge in [0.15, 0.2) is 0 Å². The van der Waals surface area contributed by atoms with Crippen molar-refractivity contribution in [2.75, 3.05) is 7.05 Å². The molecule has 8 heteroatoms. The van der Waals surface area contributed by atoms with E-state index in [4.69, 9.17) is 0 Å². The first-order valence-corrected chi connectivity index (χ1v) is 4.72. The van der Waals surface area contributed by atoms with E-state index in [0.29, 0.717) is 6.07 Å². The van der Waals surface area contributed by atoms with Crippen LogP contribution in [-0.4, -0.2) is 7.05 Å². The molecule has 2 nitrogen and oxygen atoms in total. The van der Waals surface area contributed by atoms with Crippen molar-refractivity contribution in [3.63, 3.8) is 0 Å². The minimum absolute atomic E-state index is 0.0777. The molecule has 0 aliphatic heterocycles. The number of hydrogen-bond acceptors (Lipinski definition) is 2. The van der Waals surface area contributed by atoms with Gasteiger partial charge in [0.25, 0.3) is 0 Å². The average molecular weight is 273 g/mol. The molecule has 0 saturated heterocycles. The first-order chi connectivity index (χ1) is 8.16. The van der Waals surface area contributed by atoms with Gasteiger partial charge in [0.2, 0.25) is 0 Å². The fourth-order valence-electron chi connectivity index (χ4n) is 1.29. The van der Waals surface area contributed by atoms with Crippen LogP contribution in [0.5, 0.6) is 0 Å². The van der Waals surface area contributed by atoms with Gasteiger partial charge in [-0.15, -0.1) is 0 Å². The van der Waals surface area contributed by atoms with E-state index >= 15 is 0 Å². The van der Waals surface area contributed by atoms with Crippen molar-refractivity contribution in [2.24, 2.45) is 0 Å². The van der Waals surface area contributed by atoms with E-state index in [0.717, 1.165) is 6.07 Å². The molecule has 0 aliphatic carbocycles. The quantitative estimate of drug-likeness (QED) is 0.673. The highest BCUT2D eigenvalue weighted by atomic mass is 19.4. The van der Waals surface area contributed by atoms with Gasteiger partial charge in [0, 0.05) is 7.05 Å². The molecule has 0 amide bonds. The van der Waals surface area contributed by atoms with E-state index in [1.54, 1.807) is 0 Å². The van der Waals surface area contributed by atoms with Gasteiger partial charge in [-0.2, -0.15) is 26.3 Å². The first kappa shape index (κ1) is 14.8. The molecule has 0 saturated carbocycles. The summed E-state index contributed by atoms with van der Waals surface area (Å²) in [7, 11) is 1.33. The van der Waals surface area contributed by atoms with Crippen LogP contribution in [0.15, 0.2) is 18.2 Å². The summed E-state index contributed by atoms with van der Waals surface area (Å²) < 4.78 is 74.8. The van der Waals surface area contributed by atoms with Crippen LogP contribution in [0.4, 0.5) is 26.3 Å². The molecule has 0 radical (unpaired) electrons. The third-order valence-electron chi connectivity index (χ3n) is 2.11. The Kier molecular flexibility index (Phi) is 4.23. The lowest BCUT2D eigenvalue weighted by atomic mass is 10.0. The second-order valence-corrected chi connectivity index (χ2v) is 3.36. The topological polar surface area (TPSA) is 21.3 Å². The van der Waals surface area contributed by atoms with E-state index in [2.05, 4.69) is 10.3 Å². The first-order valence-electron chi connectivity index (χ1n) is 4.72. The highest BCUT2D eigenvalue weighted by molar-refractivity contribution is 5.35. The third kappa shape index (κ3) is 3.61. The van der Waals surface area contributed by atoms with Crippen molar-refractivity contribution in [1.29, 1.82) is 0 Å². The number of hydroxylamine groups is 1. The molecular weight excluding hydrogens is 264 g/mol. The largest absolute Gasteiger partial charge is 0.416 e. The molecule has 0 fully saturated rings. The van der Waals surface area contributed by atoms with Crippen LogP contribution in [0.2, 0.25) is 0 Å². The Morgan fingerprint density at radius 2 is 1.67 bits per heavy atom. The Labute approximate surface area is 98.5 Å². The van der Waals surface area contributed by atoms with Crippen LogP contribution >= 0.6 is 0 Å². The summed E-state index contributed by atoms with van der Waals surface area (Å²) in [6.07, 6.45) is -9.68. The van der Waals surface area contributed by atoms with E-state index in [1.807, 2.05) is 0 Å². The van der Waals surface area contributed by atoms with Gasteiger partial charge in [-0.1, -0.05) is 6.07 Å². The van der Waals surface area contributed by atoms with E-state index < -0.39 is 30.1 Å². The van der Waals surface area contributed by atoms with Crippen LogP contribution in [0.25, 0.3) is 0 Å². The van der Waals surface area contributed by atoms with E-state index in [1.165, 1.54) is 7.05 Å². The summed E-state index contributed by atoms with van der Waals surface area (Å²) in [5.41, 5.74) is -0.919. The Balaban J connectivity index is 3.21. The lowest BCUT2D eigenvalue weighted by Crippen LogP contribution is -2.15. The standard InChI is InChI=1S/C10H9F6NO/c1-17-18-5-6-2-3-7(9(11,12)13)4-8(6)10(14,15)16/h2-4,17H,5H2,1H3. The molecule has 0 heterocycles. The lowest BCUT2D eigenvalue weighted by Gasteiger charge is -2.15. The molecular formula is C10H9F6NO. The van der Waals surface area contributed by atoms with Crippen LogP contribution in [0.1, 0.15) is 16.7 Å². The SMILES string of the molecule is CNOCc1ccc(C(F)(F)F)cc1C(F)(F)F. The van der Waals surface area contributed by atoms with Crippen LogP contribution in [-0.2, 0) is 23.8 Å². The van der Waals surface area contributed by atoms with Gasteiger partial charge >= 0.3 is 12.4 Å².